The van der Waals surface area contributed by atoms with Gasteiger partial charge < -0.3 is 4.57 Å². The second-order valence-corrected chi connectivity index (χ2v) is 6.58. The molecule has 4 aromatic rings. The zero-order valence-electron chi connectivity index (χ0n) is 13.3. The average molecular weight is 360 g/mol. The smallest absolute Gasteiger partial charge is 0.174 e. The summed E-state index contributed by atoms with van der Waals surface area (Å²) >= 11 is 12.4. The molecule has 5 nitrogen and oxygen atoms in total. The van der Waals surface area contributed by atoms with E-state index in [-0.39, 0.29) is 0 Å². The summed E-state index contributed by atoms with van der Waals surface area (Å²) in [7, 11) is 2.03. The number of pyridine rings is 1. The van der Waals surface area contributed by atoms with Gasteiger partial charge in [0.15, 0.2) is 11.5 Å². The highest BCUT2D eigenvalue weighted by molar-refractivity contribution is 6.36. The second-order valence-electron chi connectivity index (χ2n) is 5.76. The fourth-order valence-electron chi connectivity index (χ4n) is 2.87. The summed E-state index contributed by atoms with van der Waals surface area (Å²) < 4.78 is 3.81. The van der Waals surface area contributed by atoms with Crippen LogP contribution in [0.15, 0.2) is 30.3 Å². The Morgan fingerprint density at radius 3 is 2.62 bits per heavy atom. The summed E-state index contributed by atoms with van der Waals surface area (Å²) in [4.78, 5) is 9.22. The van der Waals surface area contributed by atoms with E-state index in [0.717, 1.165) is 34.8 Å². The summed E-state index contributed by atoms with van der Waals surface area (Å²) in [6.45, 7) is 1.90. The van der Waals surface area contributed by atoms with Crippen molar-refractivity contribution in [3.05, 3.63) is 57.7 Å². The quantitative estimate of drug-likeness (QED) is 0.555. The predicted octanol–water partition coefficient (Wildman–Crippen LogP) is 4.02. The molecule has 0 atom stereocenters. The van der Waals surface area contributed by atoms with Crippen molar-refractivity contribution in [3.63, 3.8) is 0 Å². The minimum absolute atomic E-state index is 0.507. The van der Waals surface area contributed by atoms with Gasteiger partial charge in [0.1, 0.15) is 5.82 Å². The van der Waals surface area contributed by atoms with Crippen molar-refractivity contribution < 1.29 is 0 Å². The van der Waals surface area contributed by atoms with E-state index in [9.17, 15) is 0 Å². The Labute approximate surface area is 148 Å². The molecule has 0 aliphatic heterocycles. The van der Waals surface area contributed by atoms with Crippen molar-refractivity contribution >= 4 is 39.9 Å². The summed E-state index contributed by atoms with van der Waals surface area (Å²) in [6, 6.07) is 9.81. The minimum atomic E-state index is 0.507. The number of hydrogen-bond donors (Lipinski definition) is 0. The van der Waals surface area contributed by atoms with Gasteiger partial charge in [-0.15, -0.1) is 0 Å². The number of para-hydroxylation sites is 2. The number of fused-ring (bicyclic) bond motifs is 2. The van der Waals surface area contributed by atoms with Gasteiger partial charge >= 0.3 is 0 Å². The van der Waals surface area contributed by atoms with E-state index >= 15 is 0 Å². The van der Waals surface area contributed by atoms with Gasteiger partial charge in [-0.05, 0) is 25.1 Å². The highest BCUT2D eigenvalue weighted by atomic mass is 35.5. The van der Waals surface area contributed by atoms with Crippen molar-refractivity contribution in [1.82, 2.24) is 24.1 Å². The Hall–Kier alpha value is -2.11. The Morgan fingerprint density at radius 2 is 1.83 bits per heavy atom. The molecule has 24 heavy (non-hydrogen) atoms. The molecule has 3 aromatic heterocycles. The number of imidazole rings is 1. The van der Waals surface area contributed by atoms with E-state index in [1.165, 1.54) is 0 Å². The number of hydrogen-bond acceptors (Lipinski definition) is 3. The molecule has 0 spiro atoms. The van der Waals surface area contributed by atoms with Gasteiger partial charge in [0.05, 0.1) is 26.8 Å². The molecule has 0 bridgehead atoms. The summed E-state index contributed by atoms with van der Waals surface area (Å²) in [6.07, 6.45) is 1.44. The zero-order valence-corrected chi connectivity index (χ0v) is 14.8. The second kappa shape index (κ2) is 5.76. The van der Waals surface area contributed by atoms with E-state index in [1.807, 2.05) is 32.2 Å². The van der Waals surface area contributed by atoms with Crippen LogP contribution in [0.5, 0.6) is 0 Å². The number of aryl methyl sites for hydroxylation is 4. The zero-order chi connectivity index (χ0) is 16.8. The first-order valence-corrected chi connectivity index (χ1v) is 8.41. The Kier molecular flexibility index (Phi) is 3.70. The lowest BCUT2D eigenvalue weighted by molar-refractivity contribution is 0.753. The molecule has 7 heteroatoms. The molecule has 0 aliphatic rings. The van der Waals surface area contributed by atoms with Crippen molar-refractivity contribution in [2.75, 3.05) is 0 Å². The molecule has 0 N–H and O–H groups in total. The van der Waals surface area contributed by atoms with Crippen molar-refractivity contribution in [2.24, 2.45) is 7.05 Å². The summed E-state index contributed by atoms with van der Waals surface area (Å²) in [5.41, 5.74) is 3.60. The molecular weight excluding hydrogens is 345 g/mol. The third kappa shape index (κ3) is 2.44. The normalized spacial score (nSPS) is 11.7. The van der Waals surface area contributed by atoms with E-state index in [4.69, 9.17) is 23.2 Å². The molecule has 0 saturated heterocycles. The molecule has 0 aliphatic carbocycles. The maximum absolute atomic E-state index is 6.22. The van der Waals surface area contributed by atoms with Crippen LogP contribution in [0.2, 0.25) is 10.0 Å². The maximum atomic E-state index is 6.22. The Bertz CT molecular complexity index is 1060. The van der Waals surface area contributed by atoms with Crippen molar-refractivity contribution in [2.45, 2.75) is 19.8 Å². The molecular formula is C17H15Cl2N5. The number of aromatic nitrogens is 5. The van der Waals surface area contributed by atoms with E-state index in [1.54, 1.807) is 10.6 Å². The monoisotopic (exact) mass is 359 g/mol. The maximum Gasteiger partial charge on any atom is 0.174 e. The lowest BCUT2D eigenvalue weighted by atomic mass is 10.3. The fourth-order valence-corrected chi connectivity index (χ4v) is 3.35. The van der Waals surface area contributed by atoms with E-state index in [0.29, 0.717) is 22.1 Å². The molecule has 0 fully saturated rings. The number of benzene rings is 1. The van der Waals surface area contributed by atoms with Crippen LogP contribution in [-0.2, 0) is 19.9 Å². The van der Waals surface area contributed by atoms with Crippen LogP contribution in [0, 0.1) is 6.92 Å². The van der Waals surface area contributed by atoms with Crippen LogP contribution in [0.1, 0.15) is 17.3 Å². The van der Waals surface area contributed by atoms with Crippen molar-refractivity contribution in [1.29, 1.82) is 0 Å². The van der Waals surface area contributed by atoms with Gasteiger partial charge in [0, 0.05) is 19.9 Å². The highest BCUT2D eigenvalue weighted by Gasteiger charge is 2.13. The third-order valence-electron chi connectivity index (χ3n) is 4.23. The molecule has 122 valence electrons. The fraction of sp³-hybridized carbons (Fsp3) is 0.235. The Morgan fingerprint density at radius 1 is 1.04 bits per heavy atom. The molecule has 0 saturated carbocycles. The van der Waals surface area contributed by atoms with Crippen molar-refractivity contribution in [3.8, 4) is 0 Å². The number of rotatable bonds is 3. The van der Waals surface area contributed by atoms with Gasteiger partial charge in [0.2, 0.25) is 0 Å². The van der Waals surface area contributed by atoms with E-state index < -0.39 is 0 Å². The molecule has 4 rings (SSSR count). The lowest BCUT2D eigenvalue weighted by Crippen LogP contribution is -2.02. The first-order valence-electron chi connectivity index (χ1n) is 7.65. The van der Waals surface area contributed by atoms with Crippen LogP contribution in [-0.4, -0.2) is 24.1 Å². The predicted molar refractivity (Wildman–Crippen MR) is 95.9 cm³/mol. The van der Waals surface area contributed by atoms with Crippen LogP contribution in [0.25, 0.3) is 16.7 Å². The van der Waals surface area contributed by atoms with Gasteiger partial charge in [-0.1, -0.05) is 35.3 Å². The Balaban J connectivity index is 1.66. The highest BCUT2D eigenvalue weighted by Crippen LogP contribution is 2.24. The lowest BCUT2D eigenvalue weighted by Gasteiger charge is -2.01. The van der Waals surface area contributed by atoms with Gasteiger partial charge in [-0.2, -0.15) is 5.10 Å². The van der Waals surface area contributed by atoms with Gasteiger partial charge in [-0.3, -0.25) is 0 Å². The van der Waals surface area contributed by atoms with Crippen LogP contribution < -0.4 is 0 Å². The third-order valence-corrected chi connectivity index (χ3v) is 4.89. The molecule has 0 amide bonds. The van der Waals surface area contributed by atoms with Crippen LogP contribution >= 0.6 is 23.2 Å². The molecule has 0 unspecified atom stereocenters. The number of halogens is 2. The number of nitrogens with zero attached hydrogens (tertiary/aromatic N) is 5. The molecule has 1 aromatic carbocycles. The minimum Gasteiger partial charge on any atom is -0.331 e. The summed E-state index contributed by atoms with van der Waals surface area (Å²) in [5.74, 6) is 1.74. The van der Waals surface area contributed by atoms with Crippen LogP contribution in [0.4, 0.5) is 0 Å². The largest absolute Gasteiger partial charge is 0.331 e. The summed E-state index contributed by atoms with van der Waals surface area (Å²) in [5, 5.41) is 5.62. The standard InChI is InChI=1S/C17H15Cl2N5/c1-10-11(18)9-12(19)17-21-15(22-24(10)17)7-8-16-20-13-5-3-4-6-14(13)23(16)2/h3-6,9H,7-8H2,1-2H3. The average Bonchev–Trinajstić information content (AvgIpc) is 3.14. The SMILES string of the molecule is Cc1c(Cl)cc(Cl)c2nc(CCc3nc4ccccc4n3C)nn12. The molecule has 0 radical (unpaired) electrons. The van der Waals surface area contributed by atoms with Crippen LogP contribution in [0.3, 0.4) is 0 Å². The molecule has 3 heterocycles. The van der Waals surface area contributed by atoms with Gasteiger partial charge in [-0.25, -0.2) is 14.5 Å². The first kappa shape index (κ1) is 15.4. The first-order chi connectivity index (χ1) is 11.5. The van der Waals surface area contributed by atoms with E-state index in [2.05, 4.69) is 25.7 Å². The van der Waals surface area contributed by atoms with Gasteiger partial charge in [0.25, 0.3) is 0 Å². The topological polar surface area (TPSA) is 48.0 Å².